The molecule has 0 aliphatic rings. The lowest BCUT2D eigenvalue weighted by Crippen LogP contribution is -2.45. The predicted octanol–water partition coefficient (Wildman–Crippen LogP) is 2.69. The number of amides is 1. The predicted molar refractivity (Wildman–Crippen MR) is 102 cm³/mol. The molecule has 0 aliphatic carbocycles. The first-order valence-corrected chi connectivity index (χ1v) is 8.38. The number of hydrogen-bond acceptors (Lipinski definition) is 5. The van der Waals surface area contributed by atoms with E-state index in [0.29, 0.717) is 24.7 Å². The molecule has 25 heavy (non-hydrogen) atoms. The number of nitrogens with one attached hydrogen (secondary N) is 1. The monoisotopic (exact) mass is 374 g/mol. The Bertz CT molecular complexity index is 526. The highest BCUT2D eigenvalue weighted by atomic mass is 35.5. The molecule has 2 unspecified atom stereocenters. The summed E-state index contributed by atoms with van der Waals surface area (Å²) < 4.78 is 16.2. The van der Waals surface area contributed by atoms with Crippen LogP contribution in [0.2, 0.25) is 0 Å². The minimum Gasteiger partial charge on any atom is -0.490 e. The molecule has 0 aromatic heterocycles. The number of rotatable bonds is 10. The average Bonchev–Trinajstić information content (AvgIpc) is 2.54. The number of benzene rings is 1. The van der Waals surface area contributed by atoms with E-state index in [1.807, 2.05) is 45.9 Å². The molecule has 0 aliphatic heterocycles. The van der Waals surface area contributed by atoms with E-state index >= 15 is 0 Å². The van der Waals surface area contributed by atoms with E-state index in [9.17, 15) is 4.79 Å². The number of carbonyl (C=O) groups is 1. The molecule has 3 N–H and O–H groups in total. The largest absolute Gasteiger partial charge is 0.490 e. The standard InChI is InChI=1S/C18H30N2O4.ClH/c1-6-23-15-9-8-13(10-16(15)24-7-2)17(12(3)4)20-18(21)14(19)11-22-5;/h8-10,12,14,17H,6-7,11,19H2,1-5H3,(H,20,21);1H. The van der Waals surface area contributed by atoms with Gasteiger partial charge in [0.1, 0.15) is 6.04 Å². The van der Waals surface area contributed by atoms with Crippen molar-refractivity contribution in [3.8, 4) is 11.5 Å². The molecule has 6 nitrogen and oxygen atoms in total. The third kappa shape index (κ3) is 7.10. The highest BCUT2D eigenvalue weighted by Crippen LogP contribution is 2.32. The molecule has 0 spiro atoms. The van der Waals surface area contributed by atoms with E-state index in [1.54, 1.807) is 0 Å². The van der Waals surface area contributed by atoms with Crippen molar-refractivity contribution in [3.63, 3.8) is 0 Å². The van der Waals surface area contributed by atoms with Crippen LogP contribution >= 0.6 is 12.4 Å². The number of methoxy groups -OCH3 is 1. The summed E-state index contributed by atoms with van der Waals surface area (Å²) in [6.07, 6.45) is 0. The minimum atomic E-state index is -0.690. The van der Waals surface area contributed by atoms with Gasteiger partial charge < -0.3 is 25.3 Å². The summed E-state index contributed by atoms with van der Waals surface area (Å²) in [4.78, 5) is 12.2. The van der Waals surface area contributed by atoms with Crippen LogP contribution in [0, 0.1) is 5.92 Å². The maximum atomic E-state index is 12.2. The number of hydrogen-bond donors (Lipinski definition) is 2. The molecule has 1 aromatic carbocycles. The second-order valence-electron chi connectivity index (χ2n) is 5.86. The molecular weight excluding hydrogens is 344 g/mol. The second-order valence-corrected chi connectivity index (χ2v) is 5.86. The first kappa shape index (κ1) is 23.5. The second kappa shape index (κ2) is 12.0. The molecule has 0 saturated carbocycles. The summed E-state index contributed by atoms with van der Waals surface area (Å²) in [6.45, 7) is 9.24. The molecule has 1 aromatic rings. The SMILES string of the molecule is CCOc1ccc(C(NC(=O)C(N)COC)C(C)C)cc1OCC.Cl. The molecule has 0 bridgehead atoms. The Labute approximate surface area is 156 Å². The van der Waals surface area contributed by atoms with Gasteiger partial charge in [-0.2, -0.15) is 0 Å². The van der Waals surface area contributed by atoms with Crippen LogP contribution in [0.5, 0.6) is 11.5 Å². The Kier molecular flexibility index (Phi) is 11.2. The summed E-state index contributed by atoms with van der Waals surface area (Å²) in [6, 6.07) is 4.88. The van der Waals surface area contributed by atoms with Gasteiger partial charge in [0, 0.05) is 7.11 Å². The van der Waals surface area contributed by atoms with Crippen LogP contribution in [0.3, 0.4) is 0 Å². The minimum absolute atomic E-state index is 0. The molecule has 0 radical (unpaired) electrons. The van der Waals surface area contributed by atoms with Crippen molar-refractivity contribution in [2.24, 2.45) is 11.7 Å². The van der Waals surface area contributed by atoms with Gasteiger partial charge in [0.05, 0.1) is 25.9 Å². The summed E-state index contributed by atoms with van der Waals surface area (Å²) in [5.41, 5.74) is 6.77. The highest BCUT2D eigenvalue weighted by Gasteiger charge is 2.23. The highest BCUT2D eigenvalue weighted by molar-refractivity contribution is 5.85. The van der Waals surface area contributed by atoms with Gasteiger partial charge in [-0.3, -0.25) is 4.79 Å². The van der Waals surface area contributed by atoms with Crippen LogP contribution in [0.25, 0.3) is 0 Å². The molecule has 1 rings (SSSR count). The van der Waals surface area contributed by atoms with Gasteiger partial charge in [0.15, 0.2) is 11.5 Å². The molecule has 0 heterocycles. The normalized spacial score (nSPS) is 12.9. The maximum Gasteiger partial charge on any atom is 0.239 e. The van der Waals surface area contributed by atoms with Crippen molar-refractivity contribution in [2.75, 3.05) is 26.9 Å². The Morgan fingerprint density at radius 3 is 2.28 bits per heavy atom. The van der Waals surface area contributed by atoms with Gasteiger partial charge in [-0.25, -0.2) is 0 Å². The van der Waals surface area contributed by atoms with Crippen molar-refractivity contribution in [2.45, 2.75) is 39.8 Å². The van der Waals surface area contributed by atoms with E-state index in [4.69, 9.17) is 19.9 Å². The summed E-state index contributed by atoms with van der Waals surface area (Å²) in [5, 5.41) is 3.00. The van der Waals surface area contributed by atoms with Gasteiger partial charge in [0.25, 0.3) is 0 Å². The van der Waals surface area contributed by atoms with E-state index in [2.05, 4.69) is 5.32 Å². The molecule has 0 saturated heterocycles. The maximum absolute atomic E-state index is 12.2. The number of nitrogens with two attached hydrogens (primary N) is 1. The van der Waals surface area contributed by atoms with Crippen LogP contribution in [0.1, 0.15) is 39.3 Å². The van der Waals surface area contributed by atoms with Gasteiger partial charge in [-0.1, -0.05) is 19.9 Å². The van der Waals surface area contributed by atoms with Crippen LogP contribution in [0.4, 0.5) is 0 Å². The van der Waals surface area contributed by atoms with Crippen molar-refractivity contribution < 1.29 is 19.0 Å². The van der Waals surface area contributed by atoms with E-state index in [1.165, 1.54) is 7.11 Å². The van der Waals surface area contributed by atoms with Gasteiger partial charge >= 0.3 is 0 Å². The van der Waals surface area contributed by atoms with Crippen LogP contribution in [-0.2, 0) is 9.53 Å². The topological polar surface area (TPSA) is 82.8 Å². The first-order valence-electron chi connectivity index (χ1n) is 8.38. The lowest BCUT2D eigenvalue weighted by atomic mass is 9.95. The number of carbonyl (C=O) groups excluding carboxylic acids is 1. The molecule has 0 fully saturated rings. The Morgan fingerprint density at radius 1 is 1.16 bits per heavy atom. The first-order chi connectivity index (χ1) is 11.4. The lowest BCUT2D eigenvalue weighted by molar-refractivity contribution is -0.124. The zero-order chi connectivity index (χ0) is 18.1. The van der Waals surface area contributed by atoms with Crippen molar-refractivity contribution in [1.82, 2.24) is 5.32 Å². The molecule has 1 amide bonds. The third-order valence-electron chi connectivity index (χ3n) is 3.57. The van der Waals surface area contributed by atoms with E-state index < -0.39 is 6.04 Å². The fourth-order valence-corrected chi connectivity index (χ4v) is 2.41. The van der Waals surface area contributed by atoms with Crippen molar-refractivity contribution in [1.29, 1.82) is 0 Å². The average molecular weight is 375 g/mol. The number of ether oxygens (including phenoxy) is 3. The summed E-state index contributed by atoms with van der Waals surface area (Å²) in [7, 11) is 1.52. The van der Waals surface area contributed by atoms with Crippen molar-refractivity contribution >= 4 is 18.3 Å². The molecule has 7 heteroatoms. The zero-order valence-corrected chi connectivity index (χ0v) is 16.5. The van der Waals surface area contributed by atoms with E-state index in [-0.39, 0.29) is 36.9 Å². The quantitative estimate of drug-likeness (QED) is 0.658. The fourth-order valence-electron chi connectivity index (χ4n) is 2.41. The van der Waals surface area contributed by atoms with Gasteiger partial charge in [-0.15, -0.1) is 12.4 Å². The smallest absolute Gasteiger partial charge is 0.239 e. The van der Waals surface area contributed by atoms with Crippen molar-refractivity contribution in [3.05, 3.63) is 23.8 Å². The van der Waals surface area contributed by atoms with Gasteiger partial charge in [-0.05, 0) is 37.5 Å². The lowest BCUT2D eigenvalue weighted by Gasteiger charge is -2.25. The molecule has 2 atom stereocenters. The van der Waals surface area contributed by atoms with Crippen LogP contribution in [0.15, 0.2) is 18.2 Å². The summed E-state index contributed by atoms with van der Waals surface area (Å²) in [5.74, 6) is 1.34. The molecular formula is C18H31ClN2O4. The summed E-state index contributed by atoms with van der Waals surface area (Å²) >= 11 is 0. The van der Waals surface area contributed by atoms with Gasteiger partial charge in [0.2, 0.25) is 5.91 Å². The van der Waals surface area contributed by atoms with Crippen LogP contribution < -0.4 is 20.5 Å². The van der Waals surface area contributed by atoms with Crippen LogP contribution in [-0.4, -0.2) is 38.9 Å². The fraction of sp³-hybridized carbons (Fsp3) is 0.611. The number of halogens is 1. The Morgan fingerprint density at radius 2 is 1.76 bits per heavy atom. The molecule has 144 valence electrons. The Hall–Kier alpha value is -1.50. The van der Waals surface area contributed by atoms with E-state index in [0.717, 1.165) is 5.56 Å². The Balaban J connectivity index is 0.00000576. The zero-order valence-electron chi connectivity index (χ0n) is 15.7. The third-order valence-corrected chi connectivity index (χ3v) is 3.57.